The average molecular weight is 705 g/mol. The van der Waals surface area contributed by atoms with Gasteiger partial charge in [-0.3, -0.25) is 0 Å². The summed E-state index contributed by atoms with van der Waals surface area (Å²) >= 11 is 0. The molecule has 0 radical (unpaired) electrons. The molecule has 1 aliphatic rings. The third-order valence-electron chi connectivity index (χ3n) is 10.4. The maximum absolute atomic E-state index is 6.84. The van der Waals surface area contributed by atoms with Crippen LogP contribution in [0.1, 0.15) is 0 Å². The second-order valence-electron chi connectivity index (χ2n) is 13.7. The molecule has 55 heavy (non-hydrogen) atoms. The van der Waals surface area contributed by atoms with E-state index < -0.39 is 0 Å². The minimum absolute atomic E-state index is 0.840. The molecule has 0 unspecified atom stereocenters. The maximum Gasteiger partial charge on any atom is 0.137 e. The minimum Gasteiger partial charge on any atom is -0.456 e. The van der Waals surface area contributed by atoms with Crippen molar-refractivity contribution >= 4 is 44.9 Å². The van der Waals surface area contributed by atoms with Crippen LogP contribution in [0.4, 0.5) is 34.1 Å². The molecule has 1 aliphatic heterocycles. The number of para-hydroxylation sites is 2. The van der Waals surface area contributed by atoms with Crippen molar-refractivity contribution in [1.29, 1.82) is 0 Å². The molecule has 3 nitrogen and oxygen atoms in total. The van der Waals surface area contributed by atoms with E-state index in [4.69, 9.17) is 4.74 Å². The van der Waals surface area contributed by atoms with Gasteiger partial charge in [-0.05, 0) is 101 Å². The highest BCUT2D eigenvalue weighted by Gasteiger charge is 2.28. The van der Waals surface area contributed by atoms with Gasteiger partial charge < -0.3 is 14.5 Å². The van der Waals surface area contributed by atoms with E-state index in [0.29, 0.717) is 0 Å². The smallest absolute Gasteiger partial charge is 0.137 e. The number of ether oxygens (including phenoxy) is 1. The molecule has 3 heteroatoms. The molecule has 9 aromatic carbocycles. The Morgan fingerprint density at radius 2 is 0.745 bits per heavy atom. The topological polar surface area (TPSA) is 15.7 Å². The fourth-order valence-corrected chi connectivity index (χ4v) is 7.90. The molecule has 0 saturated carbocycles. The summed E-state index contributed by atoms with van der Waals surface area (Å²) in [6.45, 7) is 0. The largest absolute Gasteiger partial charge is 0.456 e. The zero-order chi connectivity index (χ0) is 36.6. The number of hydrogen-bond acceptors (Lipinski definition) is 3. The lowest BCUT2D eigenvalue weighted by Gasteiger charge is -2.32. The summed E-state index contributed by atoms with van der Waals surface area (Å²) < 4.78 is 6.84. The van der Waals surface area contributed by atoms with Crippen molar-refractivity contribution in [2.75, 3.05) is 9.80 Å². The Morgan fingerprint density at radius 1 is 0.291 bits per heavy atom. The van der Waals surface area contributed by atoms with Crippen LogP contribution in [0.25, 0.3) is 44.2 Å². The first kappa shape index (κ1) is 32.3. The van der Waals surface area contributed by atoms with Gasteiger partial charge in [-0.25, -0.2) is 0 Å². The van der Waals surface area contributed by atoms with Crippen LogP contribution < -0.4 is 14.5 Å². The van der Waals surface area contributed by atoms with E-state index >= 15 is 0 Å². The SMILES string of the molecule is c1ccc(-c2ccc(N(c3ccc(-c4ccccc4)cc3)c3ccc4c5c(cccc35)-c3c(cccc3N(c3ccccc3)c3ccccc3)O4)cc2)cc1. The predicted octanol–water partition coefficient (Wildman–Crippen LogP) is 14.9. The number of anilines is 6. The highest BCUT2D eigenvalue weighted by atomic mass is 16.5. The first-order chi connectivity index (χ1) is 27.3. The highest BCUT2D eigenvalue weighted by Crippen LogP contribution is 2.54. The van der Waals surface area contributed by atoms with Crippen LogP contribution in [0.3, 0.4) is 0 Å². The van der Waals surface area contributed by atoms with Crippen molar-refractivity contribution in [2.24, 2.45) is 0 Å². The van der Waals surface area contributed by atoms with Crippen LogP contribution >= 0.6 is 0 Å². The van der Waals surface area contributed by atoms with Crippen LogP contribution in [0.5, 0.6) is 11.5 Å². The molecule has 260 valence electrons. The second kappa shape index (κ2) is 13.9. The van der Waals surface area contributed by atoms with Gasteiger partial charge in [0.15, 0.2) is 0 Å². The lowest BCUT2D eigenvalue weighted by molar-refractivity contribution is 0.487. The summed E-state index contributed by atoms with van der Waals surface area (Å²) in [5.41, 5.74) is 13.4. The Morgan fingerprint density at radius 3 is 1.29 bits per heavy atom. The van der Waals surface area contributed by atoms with Crippen LogP contribution in [0.15, 0.2) is 218 Å². The molecule has 0 fully saturated rings. The average Bonchev–Trinajstić information content (AvgIpc) is 3.26. The van der Waals surface area contributed by atoms with Gasteiger partial charge in [-0.1, -0.05) is 146 Å². The highest BCUT2D eigenvalue weighted by molar-refractivity contribution is 6.13. The van der Waals surface area contributed by atoms with Gasteiger partial charge in [0.2, 0.25) is 0 Å². The van der Waals surface area contributed by atoms with Gasteiger partial charge in [0.25, 0.3) is 0 Å². The molecule has 0 aromatic heterocycles. The van der Waals surface area contributed by atoms with Crippen LogP contribution in [-0.4, -0.2) is 0 Å². The van der Waals surface area contributed by atoms with E-state index in [1.807, 2.05) is 0 Å². The van der Waals surface area contributed by atoms with Crippen molar-refractivity contribution in [3.05, 3.63) is 218 Å². The number of nitrogens with zero attached hydrogens (tertiary/aromatic N) is 2. The first-order valence-electron chi connectivity index (χ1n) is 18.7. The van der Waals surface area contributed by atoms with Crippen LogP contribution in [0.2, 0.25) is 0 Å². The zero-order valence-electron chi connectivity index (χ0n) is 30.1. The molecule has 0 amide bonds. The Labute approximate surface area is 321 Å². The summed E-state index contributed by atoms with van der Waals surface area (Å²) in [5.74, 6) is 1.69. The Hall–Kier alpha value is -7.36. The van der Waals surface area contributed by atoms with Gasteiger partial charge >= 0.3 is 0 Å². The second-order valence-corrected chi connectivity index (χ2v) is 13.7. The quantitative estimate of drug-likeness (QED) is 0.157. The van der Waals surface area contributed by atoms with Crippen molar-refractivity contribution in [3.8, 4) is 44.9 Å². The molecule has 1 heterocycles. The van der Waals surface area contributed by atoms with Gasteiger partial charge in [0.05, 0.1) is 11.4 Å². The van der Waals surface area contributed by atoms with Crippen LogP contribution in [0, 0.1) is 0 Å². The summed E-state index contributed by atoms with van der Waals surface area (Å²) in [4.78, 5) is 4.69. The third-order valence-corrected chi connectivity index (χ3v) is 10.4. The van der Waals surface area contributed by atoms with E-state index in [-0.39, 0.29) is 0 Å². The lowest BCUT2D eigenvalue weighted by Crippen LogP contribution is -2.13. The molecule has 0 aliphatic carbocycles. The monoisotopic (exact) mass is 704 g/mol. The number of benzene rings is 9. The Balaban J connectivity index is 1.16. The van der Waals surface area contributed by atoms with Gasteiger partial charge in [-0.2, -0.15) is 0 Å². The molecule has 0 N–H and O–H groups in total. The molecular weight excluding hydrogens is 669 g/mol. The number of rotatable bonds is 8. The van der Waals surface area contributed by atoms with E-state index in [9.17, 15) is 0 Å². The molecule has 0 bridgehead atoms. The predicted molar refractivity (Wildman–Crippen MR) is 230 cm³/mol. The van der Waals surface area contributed by atoms with Crippen molar-refractivity contribution in [2.45, 2.75) is 0 Å². The summed E-state index contributed by atoms with van der Waals surface area (Å²) in [7, 11) is 0. The van der Waals surface area contributed by atoms with E-state index in [2.05, 4.69) is 228 Å². The fraction of sp³-hybridized carbons (Fsp3) is 0. The lowest BCUT2D eigenvalue weighted by atomic mass is 9.91. The third kappa shape index (κ3) is 5.89. The molecule has 0 atom stereocenters. The van der Waals surface area contributed by atoms with Crippen molar-refractivity contribution in [3.63, 3.8) is 0 Å². The minimum atomic E-state index is 0.840. The normalized spacial score (nSPS) is 11.4. The zero-order valence-corrected chi connectivity index (χ0v) is 30.1. The molecule has 0 saturated heterocycles. The van der Waals surface area contributed by atoms with E-state index in [0.717, 1.165) is 67.5 Å². The molecule has 0 spiro atoms. The van der Waals surface area contributed by atoms with Gasteiger partial charge in [0.1, 0.15) is 11.5 Å². The van der Waals surface area contributed by atoms with Crippen LogP contribution in [-0.2, 0) is 0 Å². The molecular formula is C52H36N2O. The van der Waals surface area contributed by atoms with Gasteiger partial charge in [-0.15, -0.1) is 0 Å². The number of fused-ring (bicyclic) bond motifs is 2. The summed E-state index contributed by atoms with van der Waals surface area (Å²) in [5, 5.41) is 2.20. The summed E-state index contributed by atoms with van der Waals surface area (Å²) in [6, 6.07) is 77.3. The first-order valence-corrected chi connectivity index (χ1v) is 18.7. The standard InChI is InChI=1S/C52H36N2O/c1-5-15-37(16-6-1)39-27-31-43(32-28-39)53(44-33-29-40(30-34-44)38-17-7-2-8-18-38)47-35-36-50-51-45(47)23-13-24-46(51)52-48(25-14-26-49(52)55-50)54(41-19-9-3-10-20-41)42-21-11-4-12-22-42/h1-36H. The summed E-state index contributed by atoms with van der Waals surface area (Å²) in [6.07, 6.45) is 0. The fourth-order valence-electron chi connectivity index (χ4n) is 7.90. The molecule has 9 aromatic rings. The van der Waals surface area contributed by atoms with Crippen molar-refractivity contribution < 1.29 is 4.74 Å². The Kier molecular flexibility index (Phi) is 8.16. The molecule has 10 rings (SSSR count). The van der Waals surface area contributed by atoms with Gasteiger partial charge in [0, 0.05) is 39.1 Å². The Bertz CT molecular complexity index is 2630. The number of hydrogen-bond donors (Lipinski definition) is 0. The van der Waals surface area contributed by atoms with Crippen molar-refractivity contribution in [1.82, 2.24) is 0 Å². The van der Waals surface area contributed by atoms with E-state index in [1.54, 1.807) is 0 Å². The maximum atomic E-state index is 6.84. The van der Waals surface area contributed by atoms with E-state index in [1.165, 1.54) is 22.3 Å².